The summed E-state index contributed by atoms with van der Waals surface area (Å²) in [5, 5.41) is 10.3. The minimum atomic E-state index is -2.12. The smallest absolute Gasteiger partial charge is 0.303 e. The first-order valence-corrected chi connectivity index (χ1v) is 12.0. The molecule has 0 unspecified atom stereocenters. The zero-order valence-corrected chi connectivity index (χ0v) is 20.5. The Morgan fingerprint density at radius 3 is 1.59 bits per heavy atom. The van der Waals surface area contributed by atoms with Crippen LogP contribution in [0.5, 0.6) is 0 Å². The molecule has 4 rings (SSSR count). The summed E-state index contributed by atoms with van der Waals surface area (Å²) in [6.45, 7) is 2.03. The van der Waals surface area contributed by atoms with Crippen LogP contribution in [0.3, 0.4) is 0 Å². The SMILES string of the molecule is CC(=O)O[C@@H]1[C@@H](F)[C@@H](O)O[C@H](COC(c2ccccc2)(c2ccccc2)c2ccccc2)[C@H]1OC(C)=O. The zero-order valence-electron chi connectivity index (χ0n) is 20.5. The lowest BCUT2D eigenvalue weighted by atomic mass is 9.80. The third kappa shape index (κ3) is 5.72. The van der Waals surface area contributed by atoms with Crippen LogP contribution in [0.4, 0.5) is 4.39 Å². The minimum Gasteiger partial charge on any atom is -0.456 e. The van der Waals surface area contributed by atoms with E-state index in [0.717, 1.165) is 30.5 Å². The van der Waals surface area contributed by atoms with Crippen LogP contribution in [0.25, 0.3) is 0 Å². The molecule has 194 valence electrons. The van der Waals surface area contributed by atoms with Crippen LogP contribution >= 0.6 is 0 Å². The maximum atomic E-state index is 14.9. The number of halogens is 1. The standard InChI is InChI=1S/C29H29FO7/c1-19(31)35-26-24(37-28(33)25(30)27(26)36-20(2)32)18-34-29(21-12-6-3-7-13-21,22-14-8-4-9-15-22)23-16-10-5-11-17-23/h3-17,24-28,33H,18H2,1-2H3/t24-,25-,26-,27-,28+/m1/s1. The van der Waals surface area contributed by atoms with Crippen molar-refractivity contribution in [2.24, 2.45) is 0 Å². The molecule has 8 heteroatoms. The number of carbonyl (C=O) groups excluding carboxylic acids is 2. The summed E-state index contributed by atoms with van der Waals surface area (Å²) in [6, 6.07) is 28.6. The molecule has 0 bridgehead atoms. The van der Waals surface area contributed by atoms with E-state index in [4.69, 9.17) is 18.9 Å². The van der Waals surface area contributed by atoms with E-state index in [2.05, 4.69) is 0 Å². The minimum absolute atomic E-state index is 0.238. The van der Waals surface area contributed by atoms with Crippen LogP contribution in [0.2, 0.25) is 0 Å². The predicted molar refractivity (Wildman–Crippen MR) is 132 cm³/mol. The summed E-state index contributed by atoms with van der Waals surface area (Å²) in [5.74, 6) is -1.51. The van der Waals surface area contributed by atoms with E-state index in [9.17, 15) is 19.1 Å². The van der Waals surface area contributed by atoms with Gasteiger partial charge in [-0.15, -0.1) is 0 Å². The van der Waals surface area contributed by atoms with Crippen LogP contribution in [0.1, 0.15) is 30.5 Å². The van der Waals surface area contributed by atoms with Gasteiger partial charge >= 0.3 is 11.9 Å². The van der Waals surface area contributed by atoms with Crippen molar-refractivity contribution < 1.29 is 38.0 Å². The fourth-order valence-electron chi connectivity index (χ4n) is 4.65. The molecule has 5 atom stereocenters. The Kier molecular flexibility index (Phi) is 8.33. The van der Waals surface area contributed by atoms with Gasteiger partial charge < -0.3 is 24.1 Å². The molecule has 0 radical (unpaired) electrons. The number of hydrogen-bond acceptors (Lipinski definition) is 7. The average Bonchev–Trinajstić information content (AvgIpc) is 2.90. The van der Waals surface area contributed by atoms with E-state index in [1.54, 1.807) is 0 Å². The number of hydrogen-bond donors (Lipinski definition) is 1. The van der Waals surface area contributed by atoms with Crippen LogP contribution in [-0.4, -0.2) is 54.4 Å². The van der Waals surface area contributed by atoms with Gasteiger partial charge in [-0.25, -0.2) is 4.39 Å². The van der Waals surface area contributed by atoms with Crippen molar-refractivity contribution in [2.75, 3.05) is 6.61 Å². The van der Waals surface area contributed by atoms with Crippen molar-refractivity contribution >= 4 is 11.9 Å². The molecule has 0 amide bonds. The number of alkyl halides is 1. The molecule has 0 spiro atoms. The van der Waals surface area contributed by atoms with E-state index >= 15 is 0 Å². The highest BCUT2D eigenvalue weighted by Crippen LogP contribution is 2.41. The molecule has 1 aliphatic rings. The Morgan fingerprint density at radius 2 is 1.19 bits per heavy atom. The summed E-state index contributed by atoms with van der Waals surface area (Å²) in [4.78, 5) is 23.6. The molecule has 37 heavy (non-hydrogen) atoms. The number of aliphatic hydroxyl groups excluding tert-OH is 1. The number of benzene rings is 3. The van der Waals surface area contributed by atoms with Crippen molar-refractivity contribution in [3.63, 3.8) is 0 Å². The molecule has 3 aromatic carbocycles. The molecule has 0 aliphatic carbocycles. The number of rotatable bonds is 8. The molecule has 3 aromatic rings. The van der Waals surface area contributed by atoms with Gasteiger partial charge in [0.25, 0.3) is 0 Å². The first-order chi connectivity index (χ1) is 17.8. The maximum Gasteiger partial charge on any atom is 0.303 e. The van der Waals surface area contributed by atoms with Gasteiger partial charge in [-0.2, -0.15) is 0 Å². The van der Waals surface area contributed by atoms with Crippen molar-refractivity contribution in [2.45, 2.75) is 50.2 Å². The van der Waals surface area contributed by atoms with Gasteiger partial charge in [-0.1, -0.05) is 91.0 Å². The zero-order chi connectivity index (χ0) is 26.4. The first-order valence-electron chi connectivity index (χ1n) is 12.0. The summed E-state index contributed by atoms with van der Waals surface area (Å²) >= 11 is 0. The lowest BCUT2D eigenvalue weighted by Crippen LogP contribution is -2.60. The van der Waals surface area contributed by atoms with Crippen molar-refractivity contribution in [3.8, 4) is 0 Å². The Labute approximate surface area is 214 Å². The second kappa shape index (κ2) is 11.6. The Bertz CT molecular complexity index is 1080. The number of ether oxygens (including phenoxy) is 4. The molecule has 0 saturated carbocycles. The quantitative estimate of drug-likeness (QED) is 0.364. The largest absolute Gasteiger partial charge is 0.456 e. The highest BCUT2D eigenvalue weighted by atomic mass is 19.1. The van der Waals surface area contributed by atoms with Gasteiger partial charge in [0.15, 0.2) is 24.7 Å². The number of esters is 2. The second-order valence-corrected chi connectivity index (χ2v) is 8.75. The van der Waals surface area contributed by atoms with Crippen molar-refractivity contribution in [3.05, 3.63) is 108 Å². The maximum absolute atomic E-state index is 14.9. The monoisotopic (exact) mass is 508 g/mol. The molecule has 1 N–H and O–H groups in total. The van der Waals surface area contributed by atoms with E-state index in [-0.39, 0.29) is 6.61 Å². The highest BCUT2D eigenvalue weighted by molar-refractivity contribution is 5.67. The summed E-state index contributed by atoms with van der Waals surface area (Å²) in [7, 11) is 0. The van der Waals surface area contributed by atoms with Gasteiger partial charge in [-0.3, -0.25) is 9.59 Å². The van der Waals surface area contributed by atoms with Gasteiger partial charge in [-0.05, 0) is 16.7 Å². The lowest BCUT2D eigenvalue weighted by molar-refractivity contribution is -0.283. The van der Waals surface area contributed by atoms with Gasteiger partial charge in [0.05, 0.1) is 6.61 Å². The van der Waals surface area contributed by atoms with Gasteiger partial charge in [0.1, 0.15) is 11.7 Å². The van der Waals surface area contributed by atoms with E-state index in [1.165, 1.54) is 0 Å². The Hall–Kier alpha value is -3.59. The molecular weight excluding hydrogens is 479 g/mol. The van der Waals surface area contributed by atoms with Crippen LogP contribution in [0, 0.1) is 0 Å². The topological polar surface area (TPSA) is 91.3 Å². The van der Waals surface area contributed by atoms with E-state index in [0.29, 0.717) is 0 Å². The fourth-order valence-corrected chi connectivity index (χ4v) is 4.65. The molecule has 1 heterocycles. The normalized spacial score (nSPS) is 23.7. The average molecular weight is 509 g/mol. The van der Waals surface area contributed by atoms with Crippen LogP contribution in [-0.2, 0) is 34.1 Å². The van der Waals surface area contributed by atoms with Crippen molar-refractivity contribution in [1.82, 2.24) is 0 Å². The Morgan fingerprint density at radius 1 is 0.784 bits per heavy atom. The molecule has 1 fully saturated rings. The van der Waals surface area contributed by atoms with E-state index < -0.39 is 48.3 Å². The molecule has 0 aromatic heterocycles. The molecule has 1 aliphatic heterocycles. The molecular formula is C29H29FO7. The third-order valence-corrected chi connectivity index (χ3v) is 6.20. The molecule has 7 nitrogen and oxygen atoms in total. The van der Waals surface area contributed by atoms with Gasteiger partial charge in [0.2, 0.25) is 0 Å². The van der Waals surface area contributed by atoms with E-state index in [1.807, 2.05) is 91.0 Å². The highest BCUT2D eigenvalue weighted by Gasteiger charge is 2.51. The van der Waals surface area contributed by atoms with Gasteiger partial charge in [0, 0.05) is 13.8 Å². The lowest BCUT2D eigenvalue weighted by Gasteiger charge is -2.42. The summed E-state index contributed by atoms with van der Waals surface area (Å²) < 4.78 is 37.5. The Balaban J connectivity index is 1.78. The summed E-state index contributed by atoms with van der Waals surface area (Å²) in [5.41, 5.74) is 1.30. The number of carbonyl (C=O) groups is 2. The first kappa shape index (κ1) is 26.5. The molecule has 1 saturated heterocycles. The van der Waals surface area contributed by atoms with Crippen LogP contribution in [0.15, 0.2) is 91.0 Å². The predicted octanol–water partition coefficient (Wildman–Crippen LogP) is 3.91. The number of aliphatic hydroxyl groups is 1. The third-order valence-electron chi connectivity index (χ3n) is 6.20. The van der Waals surface area contributed by atoms with Crippen LogP contribution < -0.4 is 0 Å². The second-order valence-electron chi connectivity index (χ2n) is 8.75. The summed E-state index contributed by atoms with van der Waals surface area (Å²) in [6.07, 6.45) is -8.10. The fraction of sp³-hybridized carbons (Fsp3) is 0.310. The van der Waals surface area contributed by atoms with Crippen molar-refractivity contribution in [1.29, 1.82) is 0 Å².